The van der Waals surface area contributed by atoms with Gasteiger partial charge in [-0.05, 0) is 13.0 Å². The summed E-state index contributed by atoms with van der Waals surface area (Å²) in [6, 6.07) is 7.78. The number of hydrogen-bond donors (Lipinski definition) is 0. The molecule has 1 atom stereocenters. The van der Waals surface area contributed by atoms with Crippen LogP contribution in [0.4, 0.5) is 0 Å². The molecule has 0 saturated carbocycles. The second-order valence-electron chi connectivity index (χ2n) is 3.82. The van der Waals surface area contributed by atoms with Crippen LogP contribution in [0.3, 0.4) is 0 Å². The molecule has 1 unspecified atom stereocenters. The molecule has 2 aromatic rings. The number of rotatable bonds is 3. The molecule has 0 aliphatic carbocycles. The number of hydrogen-bond acceptors (Lipinski definition) is 3. The first-order valence-electron chi connectivity index (χ1n) is 5.46. The minimum absolute atomic E-state index is 0.155. The second-order valence-corrected chi connectivity index (χ2v) is 3.82. The molecule has 3 heteroatoms. The van der Waals surface area contributed by atoms with E-state index >= 15 is 0 Å². The third-order valence-electron chi connectivity index (χ3n) is 2.82. The Morgan fingerprint density at radius 1 is 1.31 bits per heavy atom. The number of para-hydroxylation sites is 1. The molecule has 0 aliphatic heterocycles. The van der Waals surface area contributed by atoms with Crippen LogP contribution in [0.2, 0.25) is 0 Å². The average molecular weight is 214 g/mol. The molecule has 1 heterocycles. The standard InChI is InChI=1S/C13H14N2O/c1-3-12(16)9(2)13-10-6-4-5-7-11(10)14-8-15-13/h4-9H,3H2,1-2H3. The lowest BCUT2D eigenvalue weighted by molar-refractivity contribution is -0.119. The maximum atomic E-state index is 11.7. The van der Waals surface area contributed by atoms with Crippen LogP contribution in [0.15, 0.2) is 30.6 Å². The number of nitrogens with zero attached hydrogens (tertiary/aromatic N) is 2. The van der Waals surface area contributed by atoms with Crippen LogP contribution in [0.1, 0.15) is 31.9 Å². The maximum absolute atomic E-state index is 11.7. The van der Waals surface area contributed by atoms with Gasteiger partial charge >= 0.3 is 0 Å². The lowest BCUT2D eigenvalue weighted by Gasteiger charge is -2.10. The largest absolute Gasteiger partial charge is 0.299 e. The van der Waals surface area contributed by atoms with E-state index < -0.39 is 0 Å². The lowest BCUT2D eigenvalue weighted by Crippen LogP contribution is -2.10. The number of ketones is 1. The molecule has 1 aromatic heterocycles. The van der Waals surface area contributed by atoms with Crippen LogP contribution in [0.25, 0.3) is 10.9 Å². The first kappa shape index (κ1) is 10.7. The normalized spacial score (nSPS) is 12.6. The van der Waals surface area contributed by atoms with E-state index in [0.29, 0.717) is 6.42 Å². The Hall–Kier alpha value is -1.77. The summed E-state index contributed by atoms with van der Waals surface area (Å²) >= 11 is 0. The Balaban J connectivity index is 2.56. The minimum Gasteiger partial charge on any atom is -0.299 e. The van der Waals surface area contributed by atoms with Gasteiger partial charge in [-0.25, -0.2) is 9.97 Å². The number of Topliss-reactive ketones (excluding diaryl/α,β-unsaturated/α-hetero) is 1. The second kappa shape index (κ2) is 4.39. The maximum Gasteiger partial charge on any atom is 0.141 e. The predicted octanol–water partition coefficient (Wildman–Crippen LogP) is 2.71. The van der Waals surface area contributed by atoms with Crippen molar-refractivity contribution in [1.82, 2.24) is 9.97 Å². The van der Waals surface area contributed by atoms with Crippen molar-refractivity contribution >= 4 is 16.7 Å². The minimum atomic E-state index is -0.155. The van der Waals surface area contributed by atoms with Crippen molar-refractivity contribution in [3.05, 3.63) is 36.3 Å². The summed E-state index contributed by atoms with van der Waals surface area (Å²) in [7, 11) is 0. The van der Waals surface area contributed by atoms with Crippen LogP contribution in [-0.2, 0) is 4.79 Å². The highest BCUT2D eigenvalue weighted by Crippen LogP contribution is 2.23. The summed E-state index contributed by atoms with van der Waals surface area (Å²) < 4.78 is 0. The van der Waals surface area contributed by atoms with Gasteiger partial charge < -0.3 is 0 Å². The molecule has 0 N–H and O–H groups in total. The summed E-state index contributed by atoms with van der Waals surface area (Å²) in [6.07, 6.45) is 2.07. The van der Waals surface area contributed by atoms with Crippen LogP contribution in [0, 0.1) is 0 Å². The van der Waals surface area contributed by atoms with Crippen molar-refractivity contribution in [3.8, 4) is 0 Å². The number of carbonyl (C=O) groups excluding carboxylic acids is 1. The zero-order chi connectivity index (χ0) is 11.5. The van der Waals surface area contributed by atoms with E-state index in [1.54, 1.807) is 0 Å². The van der Waals surface area contributed by atoms with E-state index in [1.807, 2.05) is 38.1 Å². The predicted molar refractivity (Wildman–Crippen MR) is 63.3 cm³/mol. The van der Waals surface area contributed by atoms with E-state index in [-0.39, 0.29) is 11.7 Å². The third kappa shape index (κ3) is 1.81. The number of carbonyl (C=O) groups is 1. The van der Waals surface area contributed by atoms with Gasteiger partial charge in [-0.1, -0.05) is 25.1 Å². The van der Waals surface area contributed by atoms with E-state index in [1.165, 1.54) is 6.33 Å². The molecule has 0 bridgehead atoms. The number of benzene rings is 1. The Morgan fingerprint density at radius 2 is 2.06 bits per heavy atom. The molecule has 16 heavy (non-hydrogen) atoms. The Labute approximate surface area is 94.5 Å². The first-order valence-corrected chi connectivity index (χ1v) is 5.46. The molecular formula is C13H14N2O. The van der Waals surface area contributed by atoms with Gasteiger partial charge in [0.2, 0.25) is 0 Å². The molecular weight excluding hydrogens is 200 g/mol. The van der Waals surface area contributed by atoms with Crippen LogP contribution in [0.5, 0.6) is 0 Å². The molecule has 0 radical (unpaired) electrons. The van der Waals surface area contributed by atoms with Gasteiger partial charge in [0.05, 0.1) is 17.1 Å². The molecule has 1 aromatic carbocycles. The lowest BCUT2D eigenvalue weighted by atomic mass is 9.97. The van der Waals surface area contributed by atoms with Crippen molar-refractivity contribution in [3.63, 3.8) is 0 Å². The Morgan fingerprint density at radius 3 is 2.81 bits per heavy atom. The van der Waals surface area contributed by atoms with Crippen LogP contribution >= 0.6 is 0 Å². The zero-order valence-electron chi connectivity index (χ0n) is 9.47. The molecule has 3 nitrogen and oxygen atoms in total. The molecule has 0 fully saturated rings. The number of fused-ring (bicyclic) bond motifs is 1. The fourth-order valence-electron chi connectivity index (χ4n) is 1.83. The highest BCUT2D eigenvalue weighted by Gasteiger charge is 2.17. The molecule has 0 aliphatic rings. The summed E-state index contributed by atoms with van der Waals surface area (Å²) in [6.45, 7) is 3.78. The first-order chi connectivity index (χ1) is 7.74. The summed E-state index contributed by atoms with van der Waals surface area (Å²) in [5.74, 6) is 0.0572. The van der Waals surface area contributed by atoms with E-state index in [0.717, 1.165) is 16.6 Å². The SMILES string of the molecule is CCC(=O)C(C)c1ncnc2ccccc12. The monoisotopic (exact) mass is 214 g/mol. The summed E-state index contributed by atoms with van der Waals surface area (Å²) in [5.41, 5.74) is 1.72. The van der Waals surface area contributed by atoms with E-state index in [4.69, 9.17) is 0 Å². The summed E-state index contributed by atoms with van der Waals surface area (Å²) in [5, 5.41) is 0.972. The fraction of sp³-hybridized carbons (Fsp3) is 0.308. The molecule has 82 valence electrons. The van der Waals surface area contributed by atoms with Gasteiger partial charge in [0.1, 0.15) is 12.1 Å². The highest BCUT2D eigenvalue weighted by molar-refractivity contribution is 5.90. The van der Waals surface area contributed by atoms with Crippen molar-refractivity contribution in [2.75, 3.05) is 0 Å². The Kier molecular flexibility index (Phi) is 2.95. The van der Waals surface area contributed by atoms with Crippen molar-refractivity contribution < 1.29 is 4.79 Å². The third-order valence-corrected chi connectivity index (χ3v) is 2.82. The average Bonchev–Trinajstić information content (AvgIpc) is 2.36. The van der Waals surface area contributed by atoms with Crippen molar-refractivity contribution in [2.45, 2.75) is 26.2 Å². The fourth-order valence-corrected chi connectivity index (χ4v) is 1.83. The van der Waals surface area contributed by atoms with Gasteiger partial charge in [-0.15, -0.1) is 0 Å². The van der Waals surface area contributed by atoms with Gasteiger partial charge in [0.25, 0.3) is 0 Å². The molecule has 0 saturated heterocycles. The summed E-state index contributed by atoms with van der Waals surface area (Å²) in [4.78, 5) is 20.1. The zero-order valence-corrected chi connectivity index (χ0v) is 9.47. The Bertz CT molecular complexity index is 517. The van der Waals surface area contributed by atoms with Gasteiger partial charge in [-0.3, -0.25) is 4.79 Å². The van der Waals surface area contributed by atoms with Crippen LogP contribution in [-0.4, -0.2) is 15.8 Å². The highest BCUT2D eigenvalue weighted by atomic mass is 16.1. The van der Waals surface area contributed by atoms with Gasteiger partial charge in [-0.2, -0.15) is 0 Å². The van der Waals surface area contributed by atoms with Crippen LogP contribution < -0.4 is 0 Å². The quantitative estimate of drug-likeness (QED) is 0.789. The number of aromatic nitrogens is 2. The molecule has 2 rings (SSSR count). The smallest absolute Gasteiger partial charge is 0.141 e. The van der Waals surface area contributed by atoms with Gasteiger partial charge in [0.15, 0.2) is 0 Å². The molecule has 0 amide bonds. The van der Waals surface area contributed by atoms with E-state index in [9.17, 15) is 4.79 Å². The van der Waals surface area contributed by atoms with E-state index in [2.05, 4.69) is 9.97 Å². The topological polar surface area (TPSA) is 42.9 Å². The van der Waals surface area contributed by atoms with Gasteiger partial charge in [0, 0.05) is 11.8 Å². The van der Waals surface area contributed by atoms with Crippen molar-refractivity contribution in [1.29, 1.82) is 0 Å². The van der Waals surface area contributed by atoms with Crippen molar-refractivity contribution in [2.24, 2.45) is 0 Å². The molecule has 0 spiro atoms.